The van der Waals surface area contributed by atoms with Crippen molar-refractivity contribution in [1.29, 1.82) is 0 Å². The van der Waals surface area contributed by atoms with Gasteiger partial charge in [0.15, 0.2) is 0 Å². The summed E-state index contributed by atoms with van der Waals surface area (Å²) in [5, 5.41) is 1.06. The fourth-order valence-electron chi connectivity index (χ4n) is 2.90. The van der Waals surface area contributed by atoms with Crippen molar-refractivity contribution >= 4 is 16.9 Å². The number of hydrogen-bond donors (Lipinski definition) is 0. The van der Waals surface area contributed by atoms with Crippen LogP contribution >= 0.6 is 0 Å². The zero-order chi connectivity index (χ0) is 16.8. The van der Waals surface area contributed by atoms with Gasteiger partial charge < -0.3 is 9.30 Å². The van der Waals surface area contributed by atoms with Crippen LogP contribution < -0.4 is 0 Å². The lowest BCUT2D eigenvalue weighted by molar-refractivity contribution is -0.149. The average Bonchev–Trinajstić information content (AvgIpc) is 2.86. The van der Waals surface area contributed by atoms with E-state index in [4.69, 9.17) is 4.74 Å². The number of para-hydroxylation sites is 1. The summed E-state index contributed by atoms with van der Waals surface area (Å²) in [6.45, 7) is 10.9. The van der Waals surface area contributed by atoms with Gasteiger partial charge in [-0.05, 0) is 13.0 Å². The van der Waals surface area contributed by atoms with E-state index in [1.165, 1.54) is 0 Å². The largest absolute Gasteiger partial charge is 0.465 e. The van der Waals surface area contributed by atoms with Gasteiger partial charge in [-0.25, -0.2) is 4.79 Å². The Balaban J connectivity index is 2.56. The first-order valence-electron chi connectivity index (χ1n) is 7.80. The highest BCUT2D eigenvalue weighted by molar-refractivity contribution is 5.90. The van der Waals surface area contributed by atoms with Crippen LogP contribution in [0.15, 0.2) is 55.8 Å². The molecular formula is C19H24N2O2. The Morgan fingerprint density at radius 1 is 1.30 bits per heavy atom. The van der Waals surface area contributed by atoms with Crippen LogP contribution in [0.1, 0.15) is 18.5 Å². The van der Waals surface area contributed by atoms with Crippen LogP contribution in [0.3, 0.4) is 0 Å². The molecule has 0 N–H and O–H groups in total. The Labute approximate surface area is 137 Å². The Kier molecular flexibility index (Phi) is 5.77. The van der Waals surface area contributed by atoms with Crippen molar-refractivity contribution in [3.8, 4) is 0 Å². The van der Waals surface area contributed by atoms with Crippen LogP contribution in [-0.4, -0.2) is 35.1 Å². The standard InChI is InChI=1S/C19H24N2O2/c1-5-12-21(13-6-2)18(19(22)23-7-3)16-14-20(4)17-11-9-8-10-15(16)17/h5-6,8-11,14,18H,1-2,7,12-13H2,3-4H3. The van der Waals surface area contributed by atoms with Crippen molar-refractivity contribution in [3.63, 3.8) is 0 Å². The molecule has 1 unspecified atom stereocenters. The molecule has 0 radical (unpaired) electrons. The first-order valence-corrected chi connectivity index (χ1v) is 7.80. The quantitative estimate of drug-likeness (QED) is 0.553. The number of aromatic nitrogens is 1. The number of rotatable bonds is 8. The molecule has 1 aromatic heterocycles. The van der Waals surface area contributed by atoms with Crippen LogP contribution in [0.4, 0.5) is 0 Å². The topological polar surface area (TPSA) is 34.5 Å². The summed E-state index contributed by atoms with van der Waals surface area (Å²) in [6, 6.07) is 7.59. The molecule has 0 spiro atoms. The number of carbonyl (C=O) groups is 1. The van der Waals surface area contributed by atoms with Crippen molar-refractivity contribution in [3.05, 3.63) is 61.3 Å². The van der Waals surface area contributed by atoms with E-state index >= 15 is 0 Å². The Morgan fingerprint density at radius 3 is 2.57 bits per heavy atom. The zero-order valence-electron chi connectivity index (χ0n) is 13.9. The van der Waals surface area contributed by atoms with Gasteiger partial charge in [0.25, 0.3) is 0 Å². The summed E-state index contributed by atoms with van der Waals surface area (Å²) in [4.78, 5) is 14.7. The van der Waals surface area contributed by atoms with E-state index < -0.39 is 6.04 Å². The Hall–Kier alpha value is -2.33. The summed E-state index contributed by atoms with van der Waals surface area (Å²) < 4.78 is 7.37. The number of esters is 1. The third kappa shape index (κ3) is 3.54. The lowest BCUT2D eigenvalue weighted by Crippen LogP contribution is -2.35. The van der Waals surface area contributed by atoms with Crippen molar-refractivity contribution < 1.29 is 9.53 Å². The lowest BCUT2D eigenvalue weighted by Gasteiger charge is -2.28. The van der Waals surface area contributed by atoms with Gasteiger partial charge >= 0.3 is 5.97 Å². The predicted molar refractivity (Wildman–Crippen MR) is 94.3 cm³/mol. The van der Waals surface area contributed by atoms with Crippen molar-refractivity contribution in [1.82, 2.24) is 9.47 Å². The van der Waals surface area contributed by atoms with Crippen LogP contribution in [0.5, 0.6) is 0 Å². The zero-order valence-corrected chi connectivity index (χ0v) is 13.9. The molecule has 2 rings (SSSR count). The molecule has 2 aromatic rings. The molecule has 0 saturated heterocycles. The monoisotopic (exact) mass is 312 g/mol. The van der Waals surface area contributed by atoms with Crippen LogP contribution in [0.2, 0.25) is 0 Å². The number of benzene rings is 1. The Morgan fingerprint density at radius 2 is 1.96 bits per heavy atom. The van der Waals surface area contributed by atoms with E-state index in [1.54, 1.807) is 12.2 Å². The molecule has 1 heterocycles. The highest BCUT2D eigenvalue weighted by atomic mass is 16.5. The first kappa shape index (κ1) is 17.0. The molecule has 1 aromatic carbocycles. The molecule has 4 heteroatoms. The van der Waals surface area contributed by atoms with Crippen LogP contribution in [-0.2, 0) is 16.6 Å². The molecule has 122 valence electrons. The van der Waals surface area contributed by atoms with Gasteiger partial charge in [0.2, 0.25) is 0 Å². The maximum Gasteiger partial charge on any atom is 0.328 e. The predicted octanol–water partition coefficient (Wildman–Crippen LogP) is 3.46. The number of hydrogen-bond acceptors (Lipinski definition) is 3. The van der Waals surface area contributed by atoms with Crippen LogP contribution in [0.25, 0.3) is 10.9 Å². The summed E-state index contributed by atoms with van der Waals surface area (Å²) in [5.41, 5.74) is 2.04. The minimum absolute atomic E-state index is 0.243. The molecular weight excluding hydrogens is 288 g/mol. The van der Waals surface area contributed by atoms with Crippen molar-refractivity contribution in [2.45, 2.75) is 13.0 Å². The van der Waals surface area contributed by atoms with Gasteiger partial charge in [-0.3, -0.25) is 4.90 Å². The average molecular weight is 312 g/mol. The van der Waals surface area contributed by atoms with Gasteiger partial charge in [0.05, 0.1) is 6.61 Å². The third-order valence-electron chi connectivity index (χ3n) is 3.82. The van der Waals surface area contributed by atoms with E-state index in [9.17, 15) is 4.79 Å². The highest BCUT2D eigenvalue weighted by Crippen LogP contribution is 2.30. The fraction of sp³-hybridized carbons (Fsp3) is 0.316. The number of carbonyl (C=O) groups excluding carboxylic acids is 1. The second kappa shape index (κ2) is 7.79. The smallest absolute Gasteiger partial charge is 0.328 e. The molecule has 0 fully saturated rings. The molecule has 0 amide bonds. The maximum absolute atomic E-state index is 12.6. The lowest BCUT2D eigenvalue weighted by atomic mass is 10.0. The Bertz CT molecular complexity index is 692. The van der Waals surface area contributed by atoms with Gasteiger partial charge in [-0.1, -0.05) is 30.4 Å². The highest BCUT2D eigenvalue weighted by Gasteiger charge is 2.30. The van der Waals surface area contributed by atoms with E-state index in [1.807, 2.05) is 53.9 Å². The molecule has 0 aliphatic carbocycles. The number of nitrogens with zero attached hydrogens (tertiary/aromatic N) is 2. The van der Waals surface area contributed by atoms with E-state index in [2.05, 4.69) is 13.2 Å². The van der Waals surface area contributed by atoms with Crippen LogP contribution in [0, 0.1) is 0 Å². The second-order valence-electron chi connectivity index (χ2n) is 5.40. The summed E-state index contributed by atoms with van der Waals surface area (Å²) in [7, 11) is 1.99. The molecule has 23 heavy (non-hydrogen) atoms. The molecule has 0 saturated carbocycles. The van der Waals surface area contributed by atoms with Crippen molar-refractivity contribution in [2.24, 2.45) is 7.05 Å². The summed E-state index contributed by atoms with van der Waals surface area (Å²) >= 11 is 0. The molecule has 1 atom stereocenters. The fourth-order valence-corrected chi connectivity index (χ4v) is 2.90. The number of aryl methyl sites for hydroxylation is 1. The molecule has 0 aliphatic rings. The number of ether oxygens (including phenoxy) is 1. The minimum Gasteiger partial charge on any atom is -0.465 e. The van der Waals surface area contributed by atoms with E-state index in [0.29, 0.717) is 19.7 Å². The van der Waals surface area contributed by atoms with Gasteiger partial charge in [0.1, 0.15) is 6.04 Å². The molecule has 0 aliphatic heterocycles. The number of fused-ring (bicyclic) bond motifs is 1. The summed E-state index contributed by atoms with van der Waals surface area (Å²) in [6.07, 6.45) is 5.59. The summed E-state index contributed by atoms with van der Waals surface area (Å²) in [5.74, 6) is -0.243. The third-order valence-corrected chi connectivity index (χ3v) is 3.82. The normalized spacial score (nSPS) is 12.3. The minimum atomic E-state index is -0.475. The van der Waals surface area contributed by atoms with Gasteiger partial charge in [-0.2, -0.15) is 0 Å². The van der Waals surface area contributed by atoms with Gasteiger partial charge in [-0.15, -0.1) is 13.2 Å². The SMILES string of the molecule is C=CCN(CC=C)C(C(=O)OCC)c1cn(C)c2ccccc12. The van der Waals surface area contributed by atoms with Crippen molar-refractivity contribution in [2.75, 3.05) is 19.7 Å². The molecule has 4 nitrogen and oxygen atoms in total. The first-order chi connectivity index (χ1) is 11.1. The molecule has 0 bridgehead atoms. The van der Waals surface area contributed by atoms with Gasteiger partial charge in [0, 0.05) is 42.8 Å². The van der Waals surface area contributed by atoms with E-state index in [-0.39, 0.29) is 5.97 Å². The second-order valence-corrected chi connectivity index (χ2v) is 5.40. The maximum atomic E-state index is 12.6. The van der Waals surface area contributed by atoms with E-state index in [0.717, 1.165) is 16.5 Å².